The fourth-order valence-electron chi connectivity index (χ4n) is 3.47. The lowest BCUT2D eigenvalue weighted by Crippen LogP contribution is -2.69. The van der Waals surface area contributed by atoms with Gasteiger partial charge in [-0.15, -0.1) is 0 Å². The summed E-state index contributed by atoms with van der Waals surface area (Å²) in [6, 6.07) is 0.439. The number of piperidine rings is 1. The highest BCUT2D eigenvalue weighted by Gasteiger charge is 2.52. The Hall–Kier alpha value is -1.40. The highest BCUT2D eigenvalue weighted by Crippen LogP contribution is 2.43. The van der Waals surface area contributed by atoms with Crippen molar-refractivity contribution < 1.29 is 9.90 Å². The fraction of sp³-hybridized carbons (Fsp3) is 0.615. The molecule has 0 aliphatic carbocycles. The van der Waals surface area contributed by atoms with Crippen LogP contribution in [0.1, 0.15) is 18.9 Å². The largest absolute Gasteiger partial charge is 0.465 e. The van der Waals surface area contributed by atoms with Crippen LogP contribution >= 0.6 is 11.6 Å². The van der Waals surface area contributed by atoms with Crippen LogP contribution in [0.4, 0.5) is 4.79 Å². The topological polar surface area (TPSA) is 69.6 Å². The Morgan fingerprint density at radius 2 is 2.20 bits per heavy atom. The molecule has 0 radical (unpaired) electrons. The molecule has 108 valence electrons. The summed E-state index contributed by atoms with van der Waals surface area (Å²) in [7, 11) is 0. The maximum Gasteiger partial charge on any atom is 0.407 e. The Morgan fingerprint density at radius 1 is 1.50 bits per heavy atom. The molecule has 3 heterocycles. The molecule has 7 heteroatoms. The molecule has 2 aliphatic rings. The Labute approximate surface area is 122 Å². The van der Waals surface area contributed by atoms with E-state index in [4.69, 9.17) is 16.7 Å². The van der Waals surface area contributed by atoms with Crippen molar-refractivity contribution in [2.75, 3.05) is 19.6 Å². The summed E-state index contributed by atoms with van der Waals surface area (Å²) in [6.45, 7) is 5.11. The van der Waals surface area contributed by atoms with Gasteiger partial charge in [0.2, 0.25) is 5.28 Å². The smallest absolute Gasteiger partial charge is 0.407 e. The highest BCUT2D eigenvalue weighted by molar-refractivity contribution is 6.28. The van der Waals surface area contributed by atoms with Crippen LogP contribution in [0, 0.1) is 5.41 Å². The maximum absolute atomic E-state index is 11.1. The molecule has 3 rings (SSSR count). The van der Waals surface area contributed by atoms with Crippen molar-refractivity contribution in [2.45, 2.75) is 25.9 Å². The van der Waals surface area contributed by atoms with Crippen LogP contribution in [0.15, 0.2) is 12.4 Å². The molecule has 0 spiro atoms. The number of hydrogen-bond acceptors (Lipinski definition) is 4. The lowest BCUT2D eigenvalue weighted by atomic mass is 9.69. The summed E-state index contributed by atoms with van der Waals surface area (Å²) in [5.41, 5.74) is 1.11. The molecule has 2 saturated heterocycles. The van der Waals surface area contributed by atoms with E-state index in [1.54, 1.807) is 12.4 Å². The van der Waals surface area contributed by atoms with Gasteiger partial charge < -0.3 is 10.0 Å². The Bertz CT molecular complexity index is 524. The molecule has 1 aromatic rings. The normalized spacial score (nSPS) is 29.7. The van der Waals surface area contributed by atoms with Gasteiger partial charge in [0.05, 0.1) is 0 Å². The summed E-state index contributed by atoms with van der Waals surface area (Å²) >= 11 is 5.68. The molecule has 1 aromatic heterocycles. The summed E-state index contributed by atoms with van der Waals surface area (Å²) in [4.78, 5) is 22.9. The quantitative estimate of drug-likeness (QED) is 0.841. The molecule has 2 fully saturated rings. The van der Waals surface area contributed by atoms with E-state index in [0.29, 0.717) is 19.1 Å². The molecular formula is C13H17ClN4O2. The molecule has 0 aromatic carbocycles. The predicted octanol–water partition coefficient (Wildman–Crippen LogP) is 1.70. The first-order chi connectivity index (χ1) is 9.48. The van der Waals surface area contributed by atoms with Gasteiger partial charge in [-0.25, -0.2) is 14.8 Å². The van der Waals surface area contributed by atoms with E-state index in [9.17, 15) is 4.79 Å². The van der Waals surface area contributed by atoms with Crippen molar-refractivity contribution >= 4 is 17.7 Å². The number of halogens is 1. The third-order valence-corrected chi connectivity index (χ3v) is 4.56. The minimum absolute atomic E-state index is 0.0733. The average Bonchev–Trinajstić information content (AvgIpc) is 2.38. The van der Waals surface area contributed by atoms with E-state index in [1.807, 2.05) is 0 Å². The predicted molar refractivity (Wildman–Crippen MR) is 73.6 cm³/mol. The van der Waals surface area contributed by atoms with Crippen LogP contribution in [-0.4, -0.2) is 56.6 Å². The van der Waals surface area contributed by atoms with Crippen LogP contribution < -0.4 is 0 Å². The maximum atomic E-state index is 11.1. The number of aromatic nitrogens is 2. The molecule has 2 atom stereocenters. The van der Waals surface area contributed by atoms with Gasteiger partial charge in [-0.3, -0.25) is 4.90 Å². The molecule has 20 heavy (non-hydrogen) atoms. The lowest BCUT2D eigenvalue weighted by Gasteiger charge is -2.60. The zero-order chi connectivity index (χ0) is 14.3. The summed E-state index contributed by atoms with van der Waals surface area (Å²) in [5, 5.41) is 9.35. The van der Waals surface area contributed by atoms with Crippen molar-refractivity contribution in [1.82, 2.24) is 19.8 Å². The first kappa shape index (κ1) is 13.6. The van der Waals surface area contributed by atoms with Gasteiger partial charge in [0.25, 0.3) is 0 Å². The number of rotatable bonds is 2. The first-order valence-corrected chi connectivity index (χ1v) is 7.04. The van der Waals surface area contributed by atoms with Crippen molar-refractivity contribution in [3.8, 4) is 0 Å². The number of carbonyl (C=O) groups is 1. The second-order valence-corrected chi connectivity index (χ2v) is 6.27. The van der Waals surface area contributed by atoms with Gasteiger partial charge in [-0.05, 0) is 18.0 Å². The standard InChI is InChI=1S/C13H17ClN4O2/c1-13-7-17(12(19)20)3-2-10(13)18(8-13)6-9-4-15-11(14)16-5-9/h4-5,10H,2-3,6-8H2,1H3,(H,19,20)/t10-,13-/m1/s1. The van der Waals surface area contributed by atoms with E-state index in [0.717, 1.165) is 25.1 Å². The van der Waals surface area contributed by atoms with Gasteiger partial charge in [0, 0.05) is 55.6 Å². The molecule has 0 unspecified atom stereocenters. The van der Waals surface area contributed by atoms with Gasteiger partial charge in [-0.1, -0.05) is 6.92 Å². The average molecular weight is 297 g/mol. The van der Waals surface area contributed by atoms with E-state index in [-0.39, 0.29) is 10.7 Å². The molecular weight excluding hydrogens is 280 g/mol. The van der Waals surface area contributed by atoms with Gasteiger partial charge in [0.1, 0.15) is 0 Å². The summed E-state index contributed by atoms with van der Waals surface area (Å²) < 4.78 is 0. The van der Waals surface area contributed by atoms with Crippen molar-refractivity contribution in [2.24, 2.45) is 5.41 Å². The molecule has 1 N–H and O–H groups in total. The summed E-state index contributed by atoms with van der Waals surface area (Å²) in [5.74, 6) is 0. The second kappa shape index (κ2) is 4.86. The zero-order valence-corrected chi connectivity index (χ0v) is 12.0. The highest BCUT2D eigenvalue weighted by atomic mass is 35.5. The third kappa shape index (κ3) is 2.33. The van der Waals surface area contributed by atoms with Gasteiger partial charge in [0.15, 0.2) is 0 Å². The van der Waals surface area contributed by atoms with Crippen molar-refractivity contribution in [3.05, 3.63) is 23.2 Å². The van der Waals surface area contributed by atoms with E-state index in [2.05, 4.69) is 21.8 Å². The molecule has 6 nitrogen and oxygen atoms in total. The van der Waals surface area contributed by atoms with Crippen LogP contribution in [0.3, 0.4) is 0 Å². The fourth-order valence-corrected chi connectivity index (χ4v) is 3.57. The monoisotopic (exact) mass is 296 g/mol. The molecule has 0 bridgehead atoms. The van der Waals surface area contributed by atoms with Crippen LogP contribution in [-0.2, 0) is 6.54 Å². The molecule has 0 saturated carbocycles. The van der Waals surface area contributed by atoms with Crippen molar-refractivity contribution in [3.63, 3.8) is 0 Å². The second-order valence-electron chi connectivity index (χ2n) is 5.93. The Morgan fingerprint density at radius 3 is 2.80 bits per heavy atom. The number of likely N-dealkylation sites (tertiary alicyclic amines) is 2. The van der Waals surface area contributed by atoms with Gasteiger partial charge in [-0.2, -0.15) is 0 Å². The molecule has 1 amide bonds. The van der Waals surface area contributed by atoms with Crippen molar-refractivity contribution in [1.29, 1.82) is 0 Å². The van der Waals surface area contributed by atoms with Gasteiger partial charge >= 0.3 is 6.09 Å². The zero-order valence-electron chi connectivity index (χ0n) is 11.3. The van der Waals surface area contributed by atoms with Crippen LogP contribution in [0.25, 0.3) is 0 Å². The van der Waals surface area contributed by atoms with E-state index >= 15 is 0 Å². The Kier molecular flexibility index (Phi) is 3.30. The van der Waals surface area contributed by atoms with Crippen LogP contribution in [0.5, 0.6) is 0 Å². The van der Waals surface area contributed by atoms with Crippen LogP contribution in [0.2, 0.25) is 5.28 Å². The number of fused-ring (bicyclic) bond motifs is 1. The molecule has 2 aliphatic heterocycles. The third-order valence-electron chi connectivity index (χ3n) is 4.36. The number of hydrogen-bond donors (Lipinski definition) is 1. The summed E-state index contributed by atoms with van der Waals surface area (Å²) in [6.07, 6.45) is 3.57. The van der Waals surface area contributed by atoms with E-state index < -0.39 is 6.09 Å². The SMILES string of the molecule is C[C@]12CN(C(=O)O)CC[C@H]1N(Cc1cnc(Cl)nc1)C2. The lowest BCUT2D eigenvalue weighted by molar-refractivity contribution is -0.111. The number of amides is 1. The minimum atomic E-state index is -0.811. The Balaban J connectivity index is 1.63. The number of nitrogens with zero attached hydrogens (tertiary/aromatic N) is 4. The first-order valence-electron chi connectivity index (χ1n) is 6.66. The van der Waals surface area contributed by atoms with E-state index in [1.165, 1.54) is 4.90 Å². The number of carboxylic acid groups (broad SMARTS) is 1. The minimum Gasteiger partial charge on any atom is -0.465 e.